The van der Waals surface area contributed by atoms with E-state index in [1.165, 1.54) is 11.3 Å². The molecular formula is C29H28ClN3O. The van der Waals surface area contributed by atoms with Gasteiger partial charge in [0.1, 0.15) is 0 Å². The smallest absolute Gasteiger partial charge is 0.255 e. The highest BCUT2D eigenvalue weighted by molar-refractivity contribution is 6.32. The molecule has 0 N–H and O–H groups in total. The first kappa shape index (κ1) is 22.3. The number of para-hydroxylation sites is 2. The molecule has 1 saturated heterocycles. The summed E-state index contributed by atoms with van der Waals surface area (Å²) in [6.07, 6.45) is 0. The largest absolute Gasteiger partial charge is 0.368 e. The van der Waals surface area contributed by atoms with Gasteiger partial charge in [-0.2, -0.15) is 0 Å². The zero-order valence-electron chi connectivity index (χ0n) is 19.5. The molecule has 1 fully saturated rings. The summed E-state index contributed by atoms with van der Waals surface area (Å²) >= 11 is 6.59. The molecule has 0 atom stereocenters. The summed E-state index contributed by atoms with van der Waals surface area (Å²) < 4.78 is 2.11. The topological polar surface area (TPSA) is 28.5 Å². The van der Waals surface area contributed by atoms with Gasteiger partial charge >= 0.3 is 0 Å². The number of carbonyl (C=O) groups excluding carboxylic acids is 1. The quantitative estimate of drug-likeness (QED) is 0.347. The van der Waals surface area contributed by atoms with Crippen LogP contribution in [0.3, 0.4) is 0 Å². The Labute approximate surface area is 206 Å². The molecule has 0 radical (unpaired) electrons. The number of rotatable bonds is 4. The van der Waals surface area contributed by atoms with E-state index >= 15 is 0 Å². The molecule has 0 spiro atoms. The van der Waals surface area contributed by atoms with Gasteiger partial charge in [0.25, 0.3) is 5.91 Å². The fourth-order valence-electron chi connectivity index (χ4n) is 4.83. The summed E-state index contributed by atoms with van der Waals surface area (Å²) in [4.78, 5) is 18.1. The number of benzene rings is 3. The van der Waals surface area contributed by atoms with E-state index in [4.69, 9.17) is 11.6 Å². The van der Waals surface area contributed by atoms with Crippen LogP contribution in [0.1, 0.15) is 21.6 Å². The van der Waals surface area contributed by atoms with Gasteiger partial charge in [-0.25, -0.2) is 0 Å². The predicted octanol–water partition coefficient (Wildman–Crippen LogP) is 6.38. The molecule has 1 aliphatic heterocycles. The molecule has 3 aromatic carbocycles. The summed E-state index contributed by atoms with van der Waals surface area (Å²) in [5.41, 5.74) is 7.04. The summed E-state index contributed by atoms with van der Waals surface area (Å²) in [5.74, 6) is 0.0740. The Morgan fingerprint density at radius 3 is 2.06 bits per heavy atom. The first-order chi connectivity index (χ1) is 16.5. The molecule has 5 heteroatoms. The Kier molecular flexibility index (Phi) is 6.16. The number of aryl methyl sites for hydroxylation is 1. The van der Waals surface area contributed by atoms with Crippen molar-refractivity contribution in [1.29, 1.82) is 0 Å². The third-order valence-corrected chi connectivity index (χ3v) is 6.98. The van der Waals surface area contributed by atoms with Crippen LogP contribution in [0.5, 0.6) is 0 Å². The zero-order valence-corrected chi connectivity index (χ0v) is 20.3. The Balaban J connectivity index is 1.47. The average molecular weight is 470 g/mol. The van der Waals surface area contributed by atoms with Crippen molar-refractivity contribution >= 4 is 23.2 Å². The highest BCUT2D eigenvalue weighted by Crippen LogP contribution is 2.33. The summed E-state index contributed by atoms with van der Waals surface area (Å²) in [7, 11) is 0. The van der Waals surface area contributed by atoms with Gasteiger partial charge < -0.3 is 14.4 Å². The maximum atomic E-state index is 13.7. The third kappa shape index (κ3) is 4.10. The number of anilines is 1. The van der Waals surface area contributed by atoms with Gasteiger partial charge in [-0.05, 0) is 49.2 Å². The summed E-state index contributed by atoms with van der Waals surface area (Å²) in [5, 5.41) is 0.657. The number of carbonyl (C=O) groups is 1. The highest BCUT2D eigenvalue weighted by atomic mass is 35.5. The van der Waals surface area contributed by atoms with E-state index in [1.54, 1.807) is 0 Å². The minimum Gasteiger partial charge on any atom is -0.368 e. The molecule has 5 rings (SSSR count). The van der Waals surface area contributed by atoms with Crippen molar-refractivity contribution in [3.63, 3.8) is 0 Å². The highest BCUT2D eigenvalue weighted by Gasteiger charge is 2.27. The van der Waals surface area contributed by atoms with Crippen molar-refractivity contribution in [1.82, 2.24) is 9.47 Å². The second-order valence-corrected chi connectivity index (χ2v) is 9.15. The third-order valence-electron chi connectivity index (χ3n) is 6.66. The fraction of sp³-hybridized carbons (Fsp3) is 0.207. The Hall–Kier alpha value is -3.50. The molecule has 0 unspecified atom stereocenters. The molecule has 0 aliphatic carbocycles. The second kappa shape index (κ2) is 9.40. The molecule has 0 saturated carbocycles. The van der Waals surface area contributed by atoms with Gasteiger partial charge in [0, 0.05) is 37.6 Å². The van der Waals surface area contributed by atoms with E-state index in [0.29, 0.717) is 18.1 Å². The maximum absolute atomic E-state index is 13.7. The average Bonchev–Trinajstić information content (AvgIpc) is 3.21. The van der Waals surface area contributed by atoms with Crippen LogP contribution in [-0.4, -0.2) is 41.6 Å². The summed E-state index contributed by atoms with van der Waals surface area (Å²) in [6.45, 7) is 7.19. The van der Waals surface area contributed by atoms with Crippen LogP contribution in [-0.2, 0) is 0 Å². The minimum atomic E-state index is 0.0740. The van der Waals surface area contributed by atoms with Crippen molar-refractivity contribution in [3.8, 4) is 16.9 Å². The molecular weight excluding hydrogens is 442 g/mol. The lowest BCUT2D eigenvalue weighted by molar-refractivity contribution is 0.0746. The number of hydrogen-bond acceptors (Lipinski definition) is 2. The van der Waals surface area contributed by atoms with Gasteiger partial charge in [0.05, 0.1) is 22.0 Å². The molecule has 4 nitrogen and oxygen atoms in total. The van der Waals surface area contributed by atoms with Crippen molar-refractivity contribution < 1.29 is 4.79 Å². The molecule has 2 heterocycles. The van der Waals surface area contributed by atoms with E-state index in [9.17, 15) is 4.79 Å². The first-order valence-electron chi connectivity index (χ1n) is 11.7. The predicted molar refractivity (Wildman–Crippen MR) is 140 cm³/mol. The first-order valence-corrected chi connectivity index (χ1v) is 12.0. The number of amides is 1. The Morgan fingerprint density at radius 2 is 1.38 bits per heavy atom. The SMILES string of the molecule is Cc1ccccc1N1CCN(C(=O)c2cc(-c3ccccc3)n(-c3ccccc3Cl)c2C)CC1. The number of hydrogen-bond donors (Lipinski definition) is 0. The lowest BCUT2D eigenvalue weighted by atomic mass is 10.1. The van der Waals surface area contributed by atoms with Crippen LogP contribution in [0, 0.1) is 13.8 Å². The number of nitrogens with zero attached hydrogens (tertiary/aromatic N) is 3. The van der Waals surface area contributed by atoms with Crippen molar-refractivity contribution in [2.45, 2.75) is 13.8 Å². The Morgan fingerprint density at radius 1 is 0.765 bits per heavy atom. The molecule has 172 valence electrons. The number of halogens is 1. The number of aromatic nitrogens is 1. The van der Waals surface area contributed by atoms with Gasteiger partial charge in [-0.1, -0.05) is 72.3 Å². The van der Waals surface area contributed by atoms with Crippen LogP contribution in [0.4, 0.5) is 5.69 Å². The molecule has 1 aliphatic rings. The van der Waals surface area contributed by atoms with Gasteiger partial charge in [-0.3, -0.25) is 4.79 Å². The lowest BCUT2D eigenvalue weighted by Gasteiger charge is -2.36. The van der Waals surface area contributed by atoms with E-state index in [0.717, 1.165) is 41.3 Å². The van der Waals surface area contributed by atoms with Crippen LogP contribution < -0.4 is 4.90 Å². The van der Waals surface area contributed by atoms with E-state index < -0.39 is 0 Å². The molecule has 34 heavy (non-hydrogen) atoms. The molecule has 0 bridgehead atoms. The number of piperazine rings is 1. The van der Waals surface area contributed by atoms with Gasteiger partial charge in [0.2, 0.25) is 0 Å². The van der Waals surface area contributed by atoms with E-state index in [2.05, 4.69) is 52.8 Å². The molecule has 1 amide bonds. The maximum Gasteiger partial charge on any atom is 0.255 e. The Bertz CT molecular complexity index is 1320. The molecule has 4 aromatic rings. The van der Waals surface area contributed by atoms with Crippen molar-refractivity contribution in [3.05, 3.63) is 107 Å². The zero-order chi connectivity index (χ0) is 23.7. The van der Waals surface area contributed by atoms with E-state index in [-0.39, 0.29) is 5.91 Å². The van der Waals surface area contributed by atoms with Crippen LogP contribution in [0.15, 0.2) is 84.9 Å². The van der Waals surface area contributed by atoms with Crippen molar-refractivity contribution in [2.75, 3.05) is 31.1 Å². The van der Waals surface area contributed by atoms with Crippen LogP contribution in [0.2, 0.25) is 5.02 Å². The van der Waals surface area contributed by atoms with Gasteiger partial charge in [0.15, 0.2) is 0 Å². The standard InChI is InChI=1S/C29H28ClN3O/c1-21-10-6-8-14-26(21)31-16-18-32(19-17-31)29(34)24-20-28(23-11-4-3-5-12-23)33(22(24)2)27-15-9-7-13-25(27)30/h3-15,20H,16-19H2,1-2H3. The molecule has 1 aromatic heterocycles. The monoisotopic (exact) mass is 469 g/mol. The van der Waals surface area contributed by atoms with E-state index in [1.807, 2.05) is 60.4 Å². The van der Waals surface area contributed by atoms with Crippen molar-refractivity contribution in [2.24, 2.45) is 0 Å². The van der Waals surface area contributed by atoms with Crippen LogP contribution in [0.25, 0.3) is 16.9 Å². The van der Waals surface area contributed by atoms with Gasteiger partial charge in [-0.15, -0.1) is 0 Å². The second-order valence-electron chi connectivity index (χ2n) is 8.75. The summed E-state index contributed by atoms with van der Waals surface area (Å²) in [6, 6.07) is 28.4. The minimum absolute atomic E-state index is 0.0740. The normalized spacial score (nSPS) is 13.9. The van der Waals surface area contributed by atoms with Crippen LogP contribution >= 0.6 is 11.6 Å². The fourth-order valence-corrected chi connectivity index (χ4v) is 5.05. The lowest BCUT2D eigenvalue weighted by Crippen LogP contribution is -2.49.